The monoisotopic (exact) mass is 359 g/mol. The molecule has 1 aliphatic heterocycles. The number of carboxylic acid groups (broad SMARTS) is 1. The minimum Gasteiger partial charge on any atom is -0.481 e. The molecular formula is C17H25N7O2. The summed E-state index contributed by atoms with van der Waals surface area (Å²) < 4.78 is 0. The predicted molar refractivity (Wildman–Crippen MR) is 95.6 cm³/mol. The summed E-state index contributed by atoms with van der Waals surface area (Å²) >= 11 is 0. The molecule has 0 radical (unpaired) electrons. The number of pyridine rings is 1. The third-order valence-corrected chi connectivity index (χ3v) is 4.72. The molecule has 1 fully saturated rings. The summed E-state index contributed by atoms with van der Waals surface area (Å²) in [6.45, 7) is 5.65. The van der Waals surface area contributed by atoms with E-state index < -0.39 is 11.9 Å². The SMILES string of the molecule is CC(C)C[C@H](C(=O)O)[C@H](Cc1ccc(N2CC(N)C2)nc1)c1nn[nH]n1. The maximum atomic E-state index is 11.9. The Kier molecular flexibility index (Phi) is 5.46. The van der Waals surface area contributed by atoms with E-state index in [0.717, 1.165) is 24.5 Å². The minimum absolute atomic E-state index is 0.214. The van der Waals surface area contributed by atoms with Crippen LogP contribution in [0.25, 0.3) is 0 Å². The third-order valence-electron chi connectivity index (χ3n) is 4.72. The number of nitrogens with two attached hydrogens (primary N) is 1. The van der Waals surface area contributed by atoms with E-state index in [0.29, 0.717) is 18.7 Å². The van der Waals surface area contributed by atoms with Gasteiger partial charge in [0, 0.05) is 31.2 Å². The second-order valence-corrected chi connectivity index (χ2v) is 7.34. The van der Waals surface area contributed by atoms with Gasteiger partial charge in [0.1, 0.15) is 5.82 Å². The fraction of sp³-hybridized carbons (Fsp3) is 0.588. The zero-order valence-corrected chi connectivity index (χ0v) is 15.0. The number of nitrogens with one attached hydrogen (secondary N) is 1. The summed E-state index contributed by atoms with van der Waals surface area (Å²) in [4.78, 5) is 18.5. The summed E-state index contributed by atoms with van der Waals surface area (Å²) in [7, 11) is 0. The second-order valence-electron chi connectivity index (χ2n) is 7.34. The van der Waals surface area contributed by atoms with Crippen molar-refractivity contribution in [2.24, 2.45) is 17.6 Å². The molecule has 26 heavy (non-hydrogen) atoms. The summed E-state index contributed by atoms with van der Waals surface area (Å²) in [6, 6.07) is 4.15. The molecule has 3 heterocycles. The molecule has 0 unspecified atom stereocenters. The number of hydrogen-bond acceptors (Lipinski definition) is 7. The number of carbonyl (C=O) groups is 1. The zero-order valence-electron chi connectivity index (χ0n) is 15.0. The van der Waals surface area contributed by atoms with Gasteiger partial charge >= 0.3 is 5.97 Å². The molecule has 0 aliphatic carbocycles. The van der Waals surface area contributed by atoms with Gasteiger partial charge in [-0.05, 0) is 30.4 Å². The first kappa shape index (κ1) is 18.2. The number of anilines is 1. The van der Waals surface area contributed by atoms with Crippen LogP contribution in [0.3, 0.4) is 0 Å². The molecule has 9 nitrogen and oxygen atoms in total. The number of H-pyrrole nitrogens is 1. The zero-order chi connectivity index (χ0) is 18.7. The molecule has 0 saturated carbocycles. The summed E-state index contributed by atoms with van der Waals surface area (Å²) in [5, 5.41) is 23.9. The van der Waals surface area contributed by atoms with E-state index in [1.54, 1.807) is 6.20 Å². The molecule has 1 aliphatic rings. The van der Waals surface area contributed by atoms with E-state index in [9.17, 15) is 9.90 Å². The Labute approximate surface area is 152 Å². The standard InChI is InChI=1S/C17H25N7O2/c1-10(2)5-14(17(25)26)13(16-20-22-23-21-16)6-11-3-4-15(19-7-11)24-8-12(18)9-24/h3-4,7,10,12-14H,5-6,8-9,18H2,1-2H3,(H,25,26)(H,20,21,22,23)/t13-,14-/m0/s1. The molecule has 0 amide bonds. The van der Waals surface area contributed by atoms with Crippen LogP contribution in [-0.2, 0) is 11.2 Å². The highest BCUT2D eigenvalue weighted by atomic mass is 16.4. The molecule has 2 aromatic heterocycles. The van der Waals surface area contributed by atoms with Crippen LogP contribution in [-0.4, -0.2) is 55.8 Å². The van der Waals surface area contributed by atoms with Crippen molar-refractivity contribution in [1.29, 1.82) is 0 Å². The summed E-state index contributed by atoms with van der Waals surface area (Å²) in [5.74, 6) is -0.215. The van der Waals surface area contributed by atoms with E-state index in [2.05, 4.69) is 30.5 Å². The first-order chi connectivity index (χ1) is 12.4. The highest BCUT2D eigenvalue weighted by Gasteiger charge is 2.33. The van der Waals surface area contributed by atoms with Gasteiger partial charge in [-0.2, -0.15) is 5.21 Å². The first-order valence-electron chi connectivity index (χ1n) is 8.85. The second kappa shape index (κ2) is 7.77. The molecule has 0 bridgehead atoms. The fourth-order valence-electron chi connectivity index (χ4n) is 3.36. The maximum Gasteiger partial charge on any atom is 0.307 e. The summed E-state index contributed by atoms with van der Waals surface area (Å²) in [6.07, 6.45) is 2.84. The van der Waals surface area contributed by atoms with Gasteiger partial charge < -0.3 is 15.7 Å². The van der Waals surface area contributed by atoms with Crippen LogP contribution in [0.1, 0.15) is 37.6 Å². The van der Waals surface area contributed by atoms with Crippen molar-refractivity contribution in [2.75, 3.05) is 18.0 Å². The molecule has 0 spiro atoms. The van der Waals surface area contributed by atoms with Crippen molar-refractivity contribution < 1.29 is 9.90 Å². The number of tetrazole rings is 1. The van der Waals surface area contributed by atoms with Crippen molar-refractivity contribution in [3.8, 4) is 0 Å². The molecular weight excluding hydrogens is 334 g/mol. The average Bonchev–Trinajstić information content (AvgIpc) is 3.10. The average molecular weight is 359 g/mol. The van der Waals surface area contributed by atoms with Crippen LogP contribution in [0.2, 0.25) is 0 Å². The lowest BCUT2D eigenvalue weighted by Crippen LogP contribution is -2.56. The number of aliphatic carboxylic acids is 1. The van der Waals surface area contributed by atoms with Crippen LogP contribution in [0.4, 0.5) is 5.82 Å². The molecule has 0 aromatic carbocycles. The number of aromatic amines is 1. The van der Waals surface area contributed by atoms with Crippen LogP contribution in [0, 0.1) is 11.8 Å². The van der Waals surface area contributed by atoms with E-state index in [4.69, 9.17) is 5.73 Å². The van der Waals surface area contributed by atoms with Crippen molar-refractivity contribution in [1.82, 2.24) is 25.6 Å². The Balaban J connectivity index is 1.78. The van der Waals surface area contributed by atoms with Crippen molar-refractivity contribution >= 4 is 11.8 Å². The fourth-order valence-corrected chi connectivity index (χ4v) is 3.36. The molecule has 1 saturated heterocycles. The van der Waals surface area contributed by atoms with Gasteiger partial charge in [-0.15, -0.1) is 10.2 Å². The lowest BCUT2D eigenvalue weighted by molar-refractivity contribution is -0.143. The van der Waals surface area contributed by atoms with Crippen LogP contribution < -0.4 is 10.6 Å². The molecule has 3 rings (SSSR count). The summed E-state index contributed by atoms with van der Waals surface area (Å²) in [5.41, 5.74) is 6.76. The van der Waals surface area contributed by atoms with Gasteiger partial charge in [-0.25, -0.2) is 4.98 Å². The number of hydrogen-bond donors (Lipinski definition) is 3. The third kappa shape index (κ3) is 4.16. The highest BCUT2D eigenvalue weighted by molar-refractivity contribution is 5.71. The Morgan fingerprint density at radius 2 is 2.19 bits per heavy atom. The number of aromatic nitrogens is 5. The van der Waals surface area contributed by atoms with E-state index in [-0.39, 0.29) is 17.9 Å². The highest BCUT2D eigenvalue weighted by Crippen LogP contribution is 2.31. The number of rotatable bonds is 8. The number of nitrogens with zero attached hydrogens (tertiary/aromatic N) is 5. The van der Waals surface area contributed by atoms with E-state index >= 15 is 0 Å². The molecule has 140 valence electrons. The Bertz CT molecular complexity index is 711. The Hall–Kier alpha value is -2.55. The van der Waals surface area contributed by atoms with Crippen molar-refractivity contribution in [3.63, 3.8) is 0 Å². The molecule has 4 N–H and O–H groups in total. The van der Waals surface area contributed by atoms with Crippen molar-refractivity contribution in [2.45, 2.75) is 38.6 Å². The Morgan fingerprint density at radius 3 is 2.69 bits per heavy atom. The maximum absolute atomic E-state index is 11.9. The van der Waals surface area contributed by atoms with Crippen molar-refractivity contribution in [3.05, 3.63) is 29.7 Å². The van der Waals surface area contributed by atoms with Crippen LogP contribution in [0.15, 0.2) is 18.3 Å². The van der Waals surface area contributed by atoms with Gasteiger partial charge in [0.25, 0.3) is 0 Å². The molecule has 2 atom stereocenters. The van der Waals surface area contributed by atoms with Gasteiger partial charge in [0.05, 0.1) is 5.92 Å². The quantitative estimate of drug-likeness (QED) is 0.630. The van der Waals surface area contributed by atoms with Gasteiger partial charge in [0.15, 0.2) is 5.82 Å². The molecule has 2 aromatic rings. The van der Waals surface area contributed by atoms with Crippen LogP contribution in [0.5, 0.6) is 0 Å². The molecule has 9 heteroatoms. The predicted octanol–water partition coefficient (Wildman–Crippen LogP) is 0.815. The minimum atomic E-state index is -0.840. The van der Waals surface area contributed by atoms with Gasteiger partial charge in [0.2, 0.25) is 0 Å². The van der Waals surface area contributed by atoms with E-state index in [1.807, 2.05) is 26.0 Å². The first-order valence-corrected chi connectivity index (χ1v) is 8.85. The lowest BCUT2D eigenvalue weighted by Gasteiger charge is -2.37. The van der Waals surface area contributed by atoms with Gasteiger partial charge in [-0.3, -0.25) is 4.79 Å². The van der Waals surface area contributed by atoms with Gasteiger partial charge in [-0.1, -0.05) is 25.1 Å². The van der Waals surface area contributed by atoms with E-state index in [1.165, 1.54) is 0 Å². The Morgan fingerprint density at radius 1 is 1.42 bits per heavy atom. The number of carboxylic acids is 1. The lowest BCUT2D eigenvalue weighted by atomic mass is 9.81. The van der Waals surface area contributed by atoms with Crippen LogP contribution >= 0.6 is 0 Å². The largest absolute Gasteiger partial charge is 0.481 e. The normalized spacial score (nSPS) is 17.2. The topological polar surface area (TPSA) is 134 Å². The smallest absolute Gasteiger partial charge is 0.307 e.